The topological polar surface area (TPSA) is 120 Å². The summed E-state index contributed by atoms with van der Waals surface area (Å²) >= 11 is 0. The van der Waals surface area contributed by atoms with Crippen LogP contribution in [0.1, 0.15) is 45.8 Å². The number of hydrogen-bond donors (Lipinski definition) is 2. The van der Waals surface area contributed by atoms with Crippen LogP contribution in [0, 0.1) is 6.92 Å². The molecule has 2 heterocycles. The summed E-state index contributed by atoms with van der Waals surface area (Å²) < 4.78 is 97.3. The van der Waals surface area contributed by atoms with Gasteiger partial charge in [0.05, 0.1) is 50.0 Å². The summed E-state index contributed by atoms with van der Waals surface area (Å²) in [7, 11) is 1.41. The van der Waals surface area contributed by atoms with Crippen LogP contribution in [0.15, 0.2) is 47.0 Å². The van der Waals surface area contributed by atoms with Crippen LogP contribution in [0.3, 0.4) is 0 Å². The number of carbonyl (C=O) groups is 1. The lowest BCUT2D eigenvalue weighted by atomic mass is 9.93. The van der Waals surface area contributed by atoms with Crippen LogP contribution in [-0.4, -0.2) is 66.5 Å². The summed E-state index contributed by atoms with van der Waals surface area (Å²) in [4.78, 5) is 15.9. The molecule has 1 fully saturated rings. The number of aromatic nitrogens is 1. The number of hydrogen-bond acceptors (Lipinski definition) is 9. The second-order valence-electron chi connectivity index (χ2n) is 10.4. The summed E-state index contributed by atoms with van der Waals surface area (Å²) in [6.07, 6.45) is -6.94. The number of benzene rings is 2. The van der Waals surface area contributed by atoms with E-state index in [9.17, 15) is 31.4 Å². The van der Waals surface area contributed by atoms with Gasteiger partial charge in [0.25, 0.3) is 10.8 Å². The van der Waals surface area contributed by atoms with Gasteiger partial charge in [-0.15, -0.1) is 0 Å². The molecule has 0 radical (unpaired) electrons. The highest BCUT2D eigenvalue weighted by Gasteiger charge is 2.42. The van der Waals surface area contributed by atoms with Crippen LogP contribution in [0.2, 0.25) is 0 Å². The summed E-state index contributed by atoms with van der Waals surface area (Å²) in [5.41, 5.74) is 4.79. The SMILES string of the molecule is COC(C)c1onc(-c2ccccc2C)c1C(=O)C(N)C(N(N)Cc1cc(C(F)(F)F)cc([N+](F)(F)F)c1)N1CCOCC1. The van der Waals surface area contributed by atoms with Crippen LogP contribution in [0.25, 0.3) is 11.3 Å². The lowest BCUT2D eigenvalue weighted by Crippen LogP contribution is -2.64. The highest BCUT2D eigenvalue weighted by atomic mass is 19.6. The minimum Gasteiger partial charge on any atom is -0.379 e. The number of nitrogens with two attached hydrogens (primary N) is 2. The molecule has 0 amide bonds. The Balaban J connectivity index is 1.77. The molecule has 1 aliphatic rings. The Morgan fingerprint density at radius 3 is 2.41 bits per heavy atom. The van der Waals surface area contributed by atoms with Crippen molar-refractivity contribution >= 4 is 11.5 Å². The molecule has 0 aliphatic carbocycles. The Labute approximate surface area is 249 Å². The highest BCUT2D eigenvalue weighted by molar-refractivity contribution is 6.06. The smallest absolute Gasteiger partial charge is 0.379 e. The van der Waals surface area contributed by atoms with E-state index < -0.39 is 53.2 Å². The predicted octanol–water partition coefficient (Wildman–Crippen LogP) is 4.88. The summed E-state index contributed by atoms with van der Waals surface area (Å²) in [6, 6.07) is 6.83. The molecule has 4 N–H and O–H groups in total. The number of morpholine rings is 1. The van der Waals surface area contributed by atoms with Gasteiger partial charge in [0.1, 0.15) is 11.8 Å². The zero-order valence-corrected chi connectivity index (χ0v) is 24.2. The van der Waals surface area contributed by atoms with Gasteiger partial charge in [0, 0.05) is 44.4 Å². The number of carbonyl (C=O) groups excluding carboxylic acids is 1. The van der Waals surface area contributed by atoms with Crippen molar-refractivity contribution in [1.82, 2.24) is 20.2 Å². The van der Waals surface area contributed by atoms with Gasteiger partial charge in [-0.25, -0.2) is 5.01 Å². The quantitative estimate of drug-likeness (QED) is 0.100. The summed E-state index contributed by atoms with van der Waals surface area (Å²) in [6.45, 7) is 3.80. The monoisotopic (exact) mass is 631 g/mol. The molecule has 1 aliphatic heterocycles. The second kappa shape index (κ2) is 13.3. The molecule has 1 saturated heterocycles. The zero-order chi connectivity index (χ0) is 32.4. The number of hydrazine groups is 1. The molecule has 0 bridgehead atoms. The maximum atomic E-state index is 14.2. The van der Waals surface area contributed by atoms with E-state index in [0.717, 1.165) is 10.6 Å². The second-order valence-corrected chi connectivity index (χ2v) is 10.4. The molecule has 10 nitrogen and oxygen atoms in total. The molecule has 2 aromatic carbocycles. The first-order valence-corrected chi connectivity index (χ1v) is 13.5. The Hall–Kier alpha value is -3.38. The molecule has 4 rings (SSSR count). The number of methoxy groups -OCH3 is 1. The van der Waals surface area contributed by atoms with Gasteiger partial charge in [-0.2, -0.15) is 13.2 Å². The number of ether oxygens (including phenoxy) is 2. The van der Waals surface area contributed by atoms with Gasteiger partial charge in [-0.1, -0.05) is 29.4 Å². The number of nitrogens with zero attached hydrogens (tertiary/aromatic N) is 4. The van der Waals surface area contributed by atoms with Crippen LogP contribution in [-0.2, 0) is 22.2 Å². The molecular formula is C28H33F6N6O4+. The molecule has 16 heteroatoms. The molecule has 0 spiro atoms. The van der Waals surface area contributed by atoms with Gasteiger partial charge in [0.15, 0.2) is 11.5 Å². The third-order valence-electron chi connectivity index (χ3n) is 7.43. The Kier molecular flexibility index (Phi) is 10.1. The zero-order valence-electron chi connectivity index (χ0n) is 24.2. The standard InChI is InChI=1S/C28H33F6N6O4/c1-16-6-4-5-7-21(16)24-22(26(44-37-24)17(2)42-3)25(41)23(35)27(38-8-10-43-11-9-38)39(36)15-18-12-19(28(29,30)31)14-20(13-18)40(32,33)34/h4-7,12-14,17,23,27H,8-11,15,35-36H2,1-3H3/q+1. The van der Waals surface area contributed by atoms with E-state index in [2.05, 4.69) is 5.16 Å². The van der Waals surface area contributed by atoms with E-state index in [-0.39, 0.29) is 55.0 Å². The van der Waals surface area contributed by atoms with E-state index in [1.807, 2.05) is 19.1 Å². The molecule has 3 unspecified atom stereocenters. The Morgan fingerprint density at radius 1 is 1.16 bits per heavy atom. The van der Waals surface area contributed by atoms with E-state index >= 15 is 0 Å². The number of quaternary nitrogens is 1. The maximum absolute atomic E-state index is 14.2. The van der Waals surface area contributed by atoms with Gasteiger partial charge in [0.2, 0.25) is 0 Å². The maximum Gasteiger partial charge on any atom is 0.416 e. The van der Waals surface area contributed by atoms with E-state index in [0.29, 0.717) is 17.7 Å². The molecule has 1 aromatic heterocycles. The van der Waals surface area contributed by atoms with Crippen molar-refractivity contribution in [2.45, 2.75) is 44.9 Å². The number of aryl methyl sites for hydroxylation is 1. The normalized spacial score (nSPS) is 17.1. The minimum atomic E-state index is -5.05. The first-order valence-electron chi connectivity index (χ1n) is 13.5. The van der Waals surface area contributed by atoms with Crippen LogP contribution >= 0.6 is 0 Å². The average molecular weight is 632 g/mol. The van der Waals surface area contributed by atoms with E-state index in [1.54, 1.807) is 24.0 Å². The lowest BCUT2D eigenvalue weighted by molar-refractivity contribution is -0.279. The highest BCUT2D eigenvalue weighted by Crippen LogP contribution is 2.37. The Bertz CT molecular complexity index is 1420. The Morgan fingerprint density at radius 2 is 1.82 bits per heavy atom. The minimum absolute atomic E-state index is 0.0105. The third-order valence-corrected chi connectivity index (χ3v) is 7.43. The fourth-order valence-corrected chi connectivity index (χ4v) is 5.11. The summed E-state index contributed by atoms with van der Waals surface area (Å²) in [5, 5.41) is 0.783. The van der Waals surface area contributed by atoms with E-state index in [4.69, 9.17) is 25.6 Å². The fourth-order valence-electron chi connectivity index (χ4n) is 5.11. The van der Waals surface area contributed by atoms with Gasteiger partial charge in [-0.3, -0.25) is 15.5 Å². The average Bonchev–Trinajstić information content (AvgIpc) is 3.41. The third kappa shape index (κ3) is 7.28. The van der Waals surface area contributed by atoms with Crippen molar-refractivity contribution in [2.75, 3.05) is 33.4 Å². The molecule has 3 atom stereocenters. The van der Waals surface area contributed by atoms with Crippen molar-refractivity contribution in [2.24, 2.45) is 11.6 Å². The number of Topliss-reactive ketones (excluding diaryl/α,β-unsaturated/α-hetero) is 1. The fraction of sp³-hybridized carbons (Fsp3) is 0.429. The van der Waals surface area contributed by atoms with Gasteiger partial charge in [-0.05, 0) is 31.0 Å². The van der Waals surface area contributed by atoms with E-state index in [1.165, 1.54) is 7.11 Å². The number of ketones is 1. The molecular weight excluding hydrogens is 598 g/mol. The van der Waals surface area contributed by atoms with Crippen molar-refractivity contribution in [3.8, 4) is 11.3 Å². The lowest BCUT2D eigenvalue weighted by Gasteiger charge is -2.41. The molecule has 3 aromatic rings. The number of alkyl halides is 3. The van der Waals surface area contributed by atoms with Crippen molar-refractivity contribution < 1.29 is 45.4 Å². The van der Waals surface area contributed by atoms with Crippen LogP contribution in [0.5, 0.6) is 0 Å². The predicted molar refractivity (Wildman–Crippen MR) is 147 cm³/mol. The van der Waals surface area contributed by atoms with Crippen molar-refractivity contribution in [3.63, 3.8) is 0 Å². The molecule has 0 saturated carbocycles. The first-order chi connectivity index (χ1) is 20.6. The first kappa shape index (κ1) is 33.5. The van der Waals surface area contributed by atoms with Crippen LogP contribution in [0.4, 0.5) is 32.3 Å². The summed E-state index contributed by atoms with van der Waals surface area (Å²) in [5.74, 6) is 5.81. The van der Waals surface area contributed by atoms with Crippen LogP contribution < -0.4 is 16.7 Å². The number of rotatable bonds is 11. The van der Waals surface area contributed by atoms with Crippen molar-refractivity contribution in [3.05, 3.63) is 70.5 Å². The molecule has 240 valence electrons. The van der Waals surface area contributed by atoms with Crippen molar-refractivity contribution in [1.29, 1.82) is 0 Å². The van der Waals surface area contributed by atoms with Gasteiger partial charge >= 0.3 is 6.18 Å². The number of halogens is 6. The van der Waals surface area contributed by atoms with Gasteiger partial charge < -0.3 is 19.7 Å². The largest absolute Gasteiger partial charge is 0.416 e. The molecule has 44 heavy (non-hydrogen) atoms.